The molecule has 6 heteroatoms. The molecule has 1 atom stereocenters. The molecule has 0 aromatic heterocycles. The quantitative estimate of drug-likeness (QED) is 0.756. The van der Waals surface area contributed by atoms with E-state index in [1.165, 1.54) is 28.0 Å². The average Bonchev–Trinajstić information content (AvgIpc) is 3.03. The lowest BCUT2D eigenvalue weighted by Gasteiger charge is -2.24. The smallest absolute Gasteiger partial charge is 0.126 e. The molecule has 30 heavy (non-hydrogen) atoms. The molecule has 0 aliphatic carbocycles. The van der Waals surface area contributed by atoms with E-state index in [-0.39, 0.29) is 6.10 Å². The molecular weight excluding hydrogens is 396 g/mol. The molecule has 5 rings (SSSR count). The summed E-state index contributed by atoms with van der Waals surface area (Å²) in [7, 11) is 2.17. The molecule has 0 amide bonds. The lowest BCUT2D eigenvalue weighted by molar-refractivity contribution is 0.173. The first kappa shape index (κ1) is 19.5. The second-order valence-corrected chi connectivity index (χ2v) is 8.69. The van der Waals surface area contributed by atoms with Crippen LogP contribution in [0.3, 0.4) is 0 Å². The molecule has 5 nitrogen and oxygen atoms in total. The zero-order valence-electron chi connectivity index (χ0n) is 17.4. The summed E-state index contributed by atoms with van der Waals surface area (Å²) >= 11 is 6.21. The van der Waals surface area contributed by atoms with Gasteiger partial charge in [0.25, 0.3) is 0 Å². The average molecular weight is 423 g/mol. The van der Waals surface area contributed by atoms with Crippen LogP contribution in [0.4, 0.5) is 0 Å². The summed E-state index contributed by atoms with van der Waals surface area (Å²) in [5, 5.41) is 2.88. The molecular formula is C24H27ClN4O. The number of halogens is 1. The Labute approximate surface area is 182 Å². The normalized spacial score (nSPS) is 21.5. The van der Waals surface area contributed by atoms with Gasteiger partial charge in [0.15, 0.2) is 0 Å². The van der Waals surface area contributed by atoms with Crippen LogP contribution < -0.4 is 15.7 Å². The molecule has 3 heterocycles. The van der Waals surface area contributed by atoms with Crippen LogP contribution in [-0.2, 0) is 0 Å². The Balaban J connectivity index is 1.57. The van der Waals surface area contributed by atoms with Crippen molar-refractivity contribution in [3.05, 3.63) is 76.0 Å². The van der Waals surface area contributed by atoms with Crippen molar-refractivity contribution >= 4 is 22.9 Å². The molecule has 0 spiro atoms. The Kier molecular flexibility index (Phi) is 5.19. The minimum absolute atomic E-state index is 0.0435. The molecule has 3 aliphatic rings. The van der Waals surface area contributed by atoms with E-state index in [0.717, 1.165) is 43.9 Å². The molecule has 2 aromatic rings. The van der Waals surface area contributed by atoms with Crippen LogP contribution in [0.2, 0.25) is 5.02 Å². The zero-order valence-corrected chi connectivity index (χ0v) is 18.2. The number of nitrogens with zero attached hydrogens (tertiary/aromatic N) is 2. The number of hydrogen-bond acceptors (Lipinski definition) is 5. The number of fused-ring (bicyclic) bond motifs is 3. The third-order valence-corrected chi connectivity index (χ3v) is 6.36. The summed E-state index contributed by atoms with van der Waals surface area (Å²) in [5.41, 5.74) is 14.0. The maximum absolute atomic E-state index is 6.49. The number of nitrogens with one attached hydrogen (secondary N) is 2. The third kappa shape index (κ3) is 3.69. The Bertz CT molecular complexity index is 1030. The Hall–Kier alpha value is -2.47. The van der Waals surface area contributed by atoms with Gasteiger partial charge in [-0.2, -0.15) is 0 Å². The minimum atomic E-state index is -0.0435. The van der Waals surface area contributed by atoms with E-state index >= 15 is 0 Å². The number of benzene rings is 2. The van der Waals surface area contributed by atoms with Crippen LogP contribution in [0.25, 0.3) is 11.3 Å². The molecule has 0 saturated carbocycles. The van der Waals surface area contributed by atoms with Gasteiger partial charge in [0, 0.05) is 42.2 Å². The van der Waals surface area contributed by atoms with Gasteiger partial charge >= 0.3 is 0 Å². The predicted octanol–water partition coefficient (Wildman–Crippen LogP) is 4.60. The van der Waals surface area contributed by atoms with E-state index in [2.05, 4.69) is 59.1 Å². The molecule has 0 radical (unpaired) electrons. The van der Waals surface area contributed by atoms with Gasteiger partial charge in [-0.05, 0) is 55.8 Å². The van der Waals surface area contributed by atoms with E-state index < -0.39 is 0 Å². The number of allylic oxidation sites excluding steroid dienone is 1. The third-order valence-electron chi connectivity index (χ3n) is 6.13. The van der Waals surface area contributed by atoms with Gasteiger partial charge in [0.2, 0.25) is 0 Å². The molecule has 2 N–H and O–H groups in total. The Morgan fingerprint density at radius 1 is 1.13 bits per heavy atom. The van der Waals surface area contributed by atoms with Crippen LogP contribution in [0, 0.1) is 0 Å². The summed E-state index contributed by atoms with van der Waals surface area (Å²) in [4.78, 5) is 2.35. The van der Waals surface area contributed by atoms with Crippen molar-refractivity contribution < 1.29 is 4.74 Å². The Morgan fingerprint density at radius 3 is 2.83 bits per heavy atom. The van der Waals surface area contributed by atoms with Gasteiger partial charge in [-0.25, -0.2) is 0 Å². The number of ether oxygens (including phenoxy) is 1. The van der Waals surface area contributed by atoms with Gasteiger partial charge in [0.1, 0.15) is 11.9 Å². The fraction of sp³-hybridized carbons (Fsp3) is 0.333. The van der Waals surface area contributed by atoms with E-state index in [1.807, 2.05) is 24.3 Å². The van der Waals surface area contributed by atoms with Crippen LogP contribution in [0.1, 0.15) is 42.6 Å². The maximum atomic E-state index is 6.49. The molecule has 3 aliphatic heterocycles. The zero-order chi connectivity index (χ0) is 20.7. The summed E-state index contributed by atoms with van der Waals surface area (Å²) in [6, 6.07) is 14.5. The molecule has 156 valence electrons. The highest BCUT2D eigenvalue weighted by Gasteiger charge is 2.31. The highest BCUT2D eigenvalue weighted by atomic mass is 35.5. The maximum Gasteiger partial charge on any atom is 0.126 e. The van der Waals surface area contributed by atoms with Crippen molar-refractivity contribution in [2.75, 3.05) is 26.7 Å². The number of rotatable bonds is 3. The summed E-state index contributed by atoms with van der Waals surface area (Å²) in [5.74, 6) is 0.807. The summed E-state index contributed by atoms with van der Waals surface area (Å²) < 4.78 is 6.49. The van der Waals surface area contributed by atoms with Gasteiger partial charge in [-0.15, -0.1) is 5.53 Å². The summed E-state index contributed by atoms with van der Waals surface area (Å²) in [6.45, 7) is 5.05. The van der Waals surface area contributed by atoms with Crippen LogP contribution in [-0.4, -0.2) is 36.6 Å². The molecule has 2 aromatic carbocycles. The van der Waals surface area contributed by atoms with Gasteiger partial charge in [-0.3, -0.25) is 5.01 Å². The fourth-order valence-corrected chi connectivity index (χ4v) is 4.67. The Morgan fingerprint density at radius 2 is 2.03 bits per heavy atom. The molecule has 0 saturated heterocycles. The molecule has 1 unspecified atom stereocenters. The highest BCUT2D eigenvalue weighted by molar-refractivity contribution is 6.30. The second kappa shape index (κ2) is 7.99. The first-order valence-corrected chi connectivity index (χ1v) is 10.9. The minimum Gasteiger partial charge on any atom is -0.486 e. The van der Waals surface area contributed by atoms with E-state index in [1.54, 1.807) is 0 Å². The standard InChI is InChI=1S/C24H27ClN4O/c1-16-24-21-7-6-18(17-8-11-28(2)12-9-17)14-22(21)23(10-13-29(24)27-26-16)30-20-5-3-4-19(25)15-20/h3-8,14-15,23,26-27H,9-13H2,1-2H3. The first-order valence-electron chi connectivity index (χ1n) is 10.5. The van der Waals surface area contributed by atoms with E-state index in [4.69, 9.17) is 16.3 Å². The number of hydrogen-bond donors (Lipinski definition) is 2. The fourth-order valence-electron chi connectivity index (χ4n) is 4.49. The van der Waals surface area contributed by atoms with Crippen molar-refractivity contribution in [3.63, 3.8) is 0 Å². The van der Waals surface area contributed by atoms with Crippen molar-refractivity contribution in [1.29, 1.82) is 0 Å². The first-order chi connectivity index (χ1) is 14.6. The SMILES string of the molecule is CC1=C2c3ccc(C4=CCN(C)CC4)cc3C(Oc3cccc(Cl)c3)CCN2NN1. The lowest BCUT2D eigenvalue weighted by Crippen LogP contribution is -2.37. The van der Waals surface area contributed by atoms with Gasteiger partial charge < -0.3 is 15.1 Å². The number of hydrazine groups is 2. The van der Waals surface area contributed by atoms with Crippen LogP contribution in [0.5, 0.6) is 5.75 Å². The predicted molar refractivity (Wildman–Crippen MR) is 122 cm³/mol. The van der Waals surface area contributed by atoms with Gasteiger partial charge in [0.05, 0.1) is 11.4 Å². The van der Waals surface area contributed by atoms with Gasteiger partial charge in [-0.1, -0.05) is 35.9 Å². The lowest BCUT2D eigenvalue weighted by atomic mass is 9.92. The van der Waals surface area contributed by atoms with Crippen LogP contribution >= 0.6 is 11.6 Å². The second-order valence-electron chi connectivity index (χ2n) is 8.26. The topological polar surface area (TPSA) is 39.8 Å². The van der Waals surface area contributed by atoms with Crippen molar-refractivity contribution in [2.24, 2.45) is 0 Å². The largest absolute Gasteiger partial charge is 0.486 e. The van der Waals surface area contributed by atoms with Crippen molar-refractivity contribution in [1.82, 2.24) is 20.9 Å². The molecule has 0 bridgehead atoms. The highest BCUT2D eigenvalue weighted by Crippen LogP contribution is 2.39. The van der Waals surface area contributed by atoms with Crippen LogP contribution in [0.15, 0.2) is 54.2 Å². The van der Waals surface area contributed by atoms with E-state index in [0.29, 0.717) is 5.02 Å². The summed E-state index contributed by atoms with van der Waals surface area (Å²) in [6.07, 6.45) is 4.25. The van der Waals surface area contributed by atoms with E-state index in [9.17, 15) is 0 Å². The van der Waals surface area contributed by atoms with Crippen molar-refractivity contribution in [2.45, 2.75) is 25.9 Å². The molecule has 0 fully saturated rings. The number of likely N-dealkylation sites (N-methyl/N-ethyl adjacent to an activating group) is 1. The monoisotopic (exact) mass is 422 g/mol. The van der Waals surface area contributed by atoms with Crippen molar-refractivity contribution in [3.8, 4) is 5.75 Å².